The van der Waals surface area contributed by atoms with Crippen molar-refractivity contribution in [3.63, 3.8) is 0 Å². The van der Waals surface area contributed by atoms with E-state index < -0.39 is 0 Å². The summed E-state index contributed by atoms with van der Waals surface area (Å²) in [7, 11) is 1.85. The largest absolute Gasteiger partial charge is 0.305 e. The summed E-state index contributed by atoms with van der Waals surface area (Å²) < 4.78 is 1.75. The maximum Gasteiger partial charge on any atom is 0.234 e. The Balaban J connectivity index is 2.08. The summed E-state index contributed by atoms with van der Waals surface area (Å²) in [6, 6.07) is 5.65. The van der Waals surface area contributed by atoms with E-state index in [1.165, 1.54) is 4.90 Å². The molecule has 5 nitrogen and oxygen atoms in total. The van der Waals surface area contributed by atoms with Crippen molar-refractivity contribution < 1.29 is 9.59 Å². The number of benzene rings is 1. The zero-order valence-corrected chi connectivity index (χ0v) is 9.38. The Morgan fingerprint density at radius 2 is 2.12 bits per heavy atom. The van der Waals surface area contributed by atoms with Crippen LogP contribution in [0.15, 0.2) is 24.4 Å². The minimum Gasteiger partial charge on any atom is -0.305 e. The molecular weight excluding hydrogens is 218 g/mol. The fourth-order valence-electron chi connectivity index (χ4n) is 2.12. The number of carbonyl (C=O) groups excluding carboxylic acids is 2. The second-order valence-electron chi connectivity index (χ2n) is 4.21. The molecule has 2 heterocycles. The molecular formula is C12H11N3O2. The van der Waals surface area contributed by atoms with Gasteiger partial charge in [-0.3, -0.25) is 14.3 Å². The number of rotatable bonds is 1. The Bertz CT molecular complexity index is 630. The maximum absolute atomic E-state index is 11.6. The molecule has 0 N–H and O–H groups in total. The summed E-state index contributed by atoms with van der Waals surface area (Å²) >= 11 is 0. The van der Waals surface area contributed by atoms with Crippen LogP contribution in [0.4, 0.5) is 5.69 Å². The van der Waals surface area contributed by atoms with Gasteiger partial charge in [0.15, 0.2) is 5.78 Å². The molecule has 1 aromatic carbocycles. The second kappa shape index (κ2) is 3.41. The van der Waals surface area contributed by atoms with E-state index in [0.717, 1.165) is 16.6 Å². The van der Waals surface area contributed by atoms with Crippen molar-refractivity contribution in [3.05, 3.63) is 24.4 Å². The zero-order valence-electron chi connectivity index (χ0n) is 9.38. The highest BCUT2D eigenvalue weighted by atomic mass is 16.2. The molecule has 1 saturated heterocycles. The minimum atomic E-state index is -0.128. The first kappa shape index (κ1) is 10.0. The smallest absolute Gasteiger partial charge is 0.234 e. The Labute approximate surface area is 97.6 Å². The van der Waals surface area contributed by atoms with Gasteiger partial charge in [0.2, 0.25) is 5.91 Å². The number of amides is 1. The van der Waals surface area contributed by atoms with E-state index in [9.17, 15) is 9.59 Å². The van der Waals surface area contributed by atoms with Crippen LogP contribution in [0.5, 0.6) is 0 Å². The van der Waals surface area contributed by atoms with Crippen LogP contribution in [-0.4, -0.2) is 28.0 Å². The Morgan fingerprint density at radius 1 is 1.29 bits per heavy atom. The van der Waals surface area contributed by atoms with Crippen molar-refractivity contribution in [3.8, 4) is 0 Å². The quantitative estimate of drug-likeness (QED) is 0.682. The highest BCUT2D eigenvalue weighted by Gasteiger charge is 2.28. The molecule has 1 amide bonds. The lowest BCUT2D eigenvalue weighted by Crippen LogP contribution is -2.24. The van der Waals surface area contributed by atoms with E-state index >= 15 is 0 Å². The van der Waals surface area contributed by atoms with Crippen molar-refractivity contribution in [2.75, 3.05) is 11.4 Å². The van der Waals surface area contributed by atoms with E-state index in [2.05, 4.69) is 5.10 Å². The van der Waals surface area contributed by atoms with Gasteiger partial charge in [0, 0.05) is 18.1 Å². The van der Waals surface area contributed by atoms with Crippen molar-refractivity contribution >= 4 is 28.3 Å². The van der Waals surface area contributed by atoms with Crippen LogP contribution in [0.1, 0.15) is 6.42 Å². The predicted octanol–water partition coefficient (Wildman–Crippen LogP) is 0.879. The molecule has 0 atom stereocenters. The van der Waals surface area contributed by atoms with E-state index in [1.807, 2.05) is 25.2 Å². The van der Waals surface area contributed by atoms with Crippen molar-refractivity contribution in [1.82, 2.24) is 9.78 Å². The molecule has 1 aromatic heterocycles. The molecule has 0 aliphatic carbocycles. The highest BCUT2D eigenvalue weighted by Crippen LogP contribution is 2.24. The van der Waals surface area contributed by atoms with E-state index in [0.29, 0.717) is 0 Å². The van der Waals surface area contributed by atoms with Crippen molar-refractivity contribution in [2.45, 2.75) is 6.42 Å². The normalized spacial score (nSPS) is 16.2. The standard InChI is InChI=1S/C12H11N3O2/c1-14-11-4-9(3-2-8(11)6-13-14)15-7-10(16)5-12(15)17/h2-4,6H,5,7H2,1H3. The lowest BCUT2D eigenvalue weighted by Gasteiger charge is -2.14. The summed E-state index contributed by atoms with van der Waals surface area (Å²) in [6.07, 6.45) is 1.79. The molecule has 0 saturated carbocycles. The average Bonchev–Trinajstić information content (AvgIpc) is 2.83. The molecule has 17 heavy (non-hydrogen) atoms. The summed E-state index contributed by atoms with van der Waals surface area (Å²) in [5.41, 5.74) is 1.71. The van der Waals surface area contributed by atoms with Crippen LogP contribution in [-0.2, 0) is 16.6 Å². The van der Waals surface area contributed by atoms with E-state index in [-0.39, 0.29) is 24.7 Å². The van der Waals surface area contributed by atoms with Gasteiger partial charge in [-0.05, 0) is 18.2 Å². The minimum absolute atomic E-state index is 0.0173. The number of carbonyl (C=O) groups is 2. The second-order valence-corrected chi connectivity index (χ2v) is 4.21. The molecule has 1 fully saturated rings. The Hall–Kier alpha value is -2.17. The first-order valence-corrected chi connectivity index (χ1v) is 5.39. The third-order valence-corrected chi connectivity index (χ3v) is 3.03. The number of anilines is 1. The number of nitrogens with zero attached hydrogens (tertiary/aromatic N) is 3. The molecule has 3 rings (SSSR count). The van der Waals surface area contributed by atoms with Crippen LogP contribution in [0.3, 0.4) is 0 Å². The molecule has 1 aliphatic rings. The fourth-order valence-corrected chi connectivity index (χ4v) is 2.12. The molecule has 5 heteroatoms. The predicted molar refractivity (Wildman–Crippen MR) is 62.7 cm³/mol. The number of aromatic nitrogens is 2. The van der Waals surface area contributed by atoms with Gasteiger partial charge in [-0.15, -0.1) is 0 Å². The first-order valence-electron chi connectivity index (χ1n) is 5.39. The molecule has 0 spiro atoms. The molecule has 0 bridgehead atoms. The maximum atomic E-state index is 11.6. The van der Waals surface area contributed by atoms with Crippen LogP contribution in [0.2, 0.25) is 0 Å². The summed E-state index contributed by atoms with van der Waals surface area (Å²) in [6.45, 7) is 0.183. The third kappa shape index (κ3) is 1.51. The molecule has 0 unspecified atom stereocenters. The van der Waals surface area contributed by atoms with Gasteiger partial charge in [-0.25, -0.2) is 0 Å². The average molecular weight is 229 g/mol. The van der Waals surface area contributed by atoms with Gasteiger partial charge >= 0.3 is 0 Å². The number of aryl methyl sites for hydroxylation is 1. The zero-order chi connectivity index (χ0) is 12.0. The van der Waals surface area contributed by atoms with Crippen LogP contribution < -0.4 is 4.90 Å². The molecule has 2 aromatic rings. The van der Waals surface area contributed by atoms with E-state index in [1.54, 1.807) is 10.9 Å². The SMILES string of the molecule is Cn1ncc2ccc(N3CC(=O)CC3=O)cc21. The number of fused-ring (bicyclic) bond motifs is 1. The van der Waals surface area contributed by atoms with Gasteiger partial charge in [-0.1, -0.05) is 0 Å². The Kier molecular flexibility index (Phi) is 2.01. The van der Waals surface area contributed by atoms with Gasteiger partial charge in [-0.2, -0.15) is 5.10 Å². The number of Topliss-reactive ketones (excluding diaryl/α,β-unsaturated/α-hetero) is 1. The summed E-state index contributed by atoms with van der Waals surface area (Å²) in [5.74, 6) is -0.156. The van der Waals surface area contributed by atoms with Crippen LogP contribution >= 0.6 is 0 Å². The van der Waals surface area contributed by atoms with Gasteiger partial charge in [0.05, 0.1) is 24.7 Å². The van der Waals surface area contributed by atoms with Gasteiger partial charge < -0.3 is 4.90 Å². The van der Waals surface area contributed by atoms with E-state index in [4.69, 9.17) is 0 Å². The molecule has 86 valence electrons. The lowest BCUT2D eigenvalue weighted by molar-refractivity contribution is -0.121. The summed E-state index contributed by atoms with van der Waals surface area (Å²) in [5, 5.41) is 5.17. The monoisotopic (exact) mass is 229 g/mol. The number of hydrogen-bond acceptors (Lipinski definition) is 3. The van der Waals surface area contributed by atoms with Crippen molar-refractivity contribution in [1.29, 1.82) is 0 Å². The van der Waals surface area contributed by atoms with Crippen LogP contribution in [0, 0.1) is 0 Å². The van der Waals surface area contributed by atoms with Crippen molar-refractivity contribution in [2.24, 2.45) is 7.05 Å². The fraction of sp³-hybridized carbons (Fsp3) is 0.250. The lowest BCUT2D eigenvalue weighted by atomic mass is 10.2. The molecule has 0 radical (unpaired) electrons. The Morgan fingerprint density at radius 3 is 2.82 bits per heavy atom. The number of ketones is 1. The van der Waals surface area contributed by atoms with Gasteiger partial charge in [0.1, 0.15) is 0 Å². The first-order chi connectivity index (χ1) is 8.15. The third-order valence-electron chi connectivity index (χ3n) is 3.03. The highest BCUT2D eigenvalue weighted by molar-refractivity contribution is 6.15. The summed E-state index contributed by atoms with van der Waals surface area (Å²) in [4.78, 5) is 24.4. The topological polar surface area (TPSA) is 55.2 Å². The molecule has 1 aliphatic heterocycles. The number of hydrogen-bond donors (Lipinski definition) is 0. The van der Waals surface area contributed by atoms with Gasteiger partial charge in [0.25, 0.3) is 0 Å². The van der Waals surface area contributed by atoms with Crippen LogP contribution in [0.25, 0.3) is 10.9 Å².